The van der Waals surface area contributed by atoms with E-state index in [2.05, 4.69) is 0 Å². The predicted molar refractivity (Wildman–Crippen MR) is 70.7 cm³/mol. The Hall–Kier alpha value is -1.15. The third kappa shape index (κ3) is 3.97. The van der Waals surface area contributed by atoms with Crippen molar-refractivity contribution < 1.29 is 9.90 Å². The summed E-state index contributed by atoms with van der Waals surface area (Å²) in [5.41, 5.74) is 1.53. The summed E-state index contributed by atoms with van der Waals surface area (Å²) in [6.45, 7) is 7.73. The Balaban J connectivity index is 3.07. The zero-order valence-electron chi connectivity index (χ0n) is 11.2. The van der Waals surface area contributed by atoms with Gasteiger partial charge in [-0.25, -0.2) is 0 Å². The summed E-state index contributed by atoms with van der Waals surface area (Å²) in [6, 6.07) is 0. The molecule has 1 aliphatic carbocycles. The normalized spacial score (nSPS) is 33.9. The van der Waals surface area contributed by atoms with Gasteiger partial charge in [-0.3, -0.25) is 4.79 Å². The minimum Gasteiger partial charge on any atom is -0.388 e. The second kappa shape index (κ2) is 5.46. The lowest BCUT2D eigenvalue weighted by atomic mass is 9.84. The molecule has 1 N–H and O–H groups in total. The van der Waals surface area contributed by atoms with Crippen molar-refractivity contribution in [2.45, 2.75) is 46.6 Å². The Morgan fingerprint density at radius 1 is 1.35 bits per heavy atom. The van der Waals surface area contributed by atoms with E-state index in [1.807, 2.05) is 39.8 Å². The van der Waals surface area contributed by atoms with Gasteiger partial charge >= 0.3 is 0 Å². The molecule has 0 aliphatic heterocycles. The molecule has 94 valence electrons. The molecular formula is C15H22O2. The number of hydrogen-bond donors (Lipinski definition) is 1. The highest BCUT2D eigenvalue weighted by Gasteiger charge is 2.23. The van der Waals surface area contributed by atoms with Gasteiger partial charge in [0, 0.05) is 5.41 Å². The molecule has 17 heavy (non-hydrogen) atoms. The van der Waals surface area contributed by atoms with Gasteiger partial charge in [0.2, 0.25) is 0 Å². The van der Waals surface area contributed by atoms with Crippen molar-refractivity contribution in [1.29, 1.82) is 0 Å². The first-order valence-electron chi connectivity index (χ1n) is 6.08. The minimum absolute atomic E-state index is 0.0322. The van der Waals surface area contributed by atoms with E-state index in [0.29, 0.717) is 0 Å². The van der Waals surface area contributed by atoms with Crippen LogP contribution in [0.4, 0.5) is 0 Å². The quantitative estimate of drug-likeness (QED) is 0.654. The van der Waals surface area contributed by atoms with Crippen LogP contribution in [0.1, 0.15) is 40.5 Å². The van der Waals surface area contributed by atoms with Crippen LogP contribution < -0.4 is 0 Å². The summed E-state index contributed by atoms with van der Waals surface area (Å²) in [5.74, 6) is 0.0322. The Morgan fingerprint density at radius 2 is 2.00 bits per heavy atom. The van der Waals surface area contributed by atoms with Crippen LogP contribution in [0.5, 0.6) is 0 Å². The predicted octanol–water partition coefficient (Wildman–Crippen LogP) is 3.19. The molecule has 0 aromatic heterocycles. The van der Waals surface area contributed by atoms with Crippen LogP contribution in [0.3, 0.4) is 0 Å². The smallest absolute Gasteiger partial charge is 0.180 e. The first-order valence-corrected chi connectivity index (χ1v) is 6.08. The van der Waals surface area contributed by atoms with Crippen molar-refractivity contribution in [3.8, 4) is 0 Å². The summed E-state index contributed by atoms with van der Waals surface area (Å²) in [6.07, 6.45) is 8.41. The van der Waals surface area contributed by atoms with Gasteiger partial charge in [-0.15, -0.1) is 0 Å². The topological polar surface area (TPSA) is 37.3 Å². The maximum absolute atomic E-state index is 11.8. The van der Waals surface area contributed by atoms with Crippen LogP contribution in [0.2, 0.25) is 0 Å². The Labute approximate surface area is 104 Å². The number of ketones is 1. The third-order valence-electron chi connectivity index (χ3n) is 3.25. The van der Waals surface area contributed by atoms with Gasteiger partial charge in [0.15, 0.2) is 5.78 Å². The summed E-state index contributed by atoms with van der Waals surface area (Å²) in [4.78, 5) is 11.8. The molecule has 0 fully saturated rings. The minimum atomic E-state index is -0.551. The molecule has 0 aromatic carbocycles. The second-order valence-electron chi connectivity index (χ2n) is 5.40. The standard InChI is InChI=1S/C15H22O2/c1-11-6-5-7-12(2)13(16)8-9-15(3,4)14(17)10-11/h7-10,14,17H,5-6H2,1-4H3/b9-8-,11-10-,12-7-/t14-/m1/s1. The Kier molecular flexibility index (Phi) is 4.47. The first kappa shape index (κ1) is 13.9. The molecule has 1 aliphatic rings. The maximum atomic E-state index is 11.8. The van der Waals surface area contributed by atoms with Crippen molar-refractivity contribution in [1.82, 2.24) is 0 Å². The molecule has 0 amide bonds. The number of hydrogen-bond acceptors (Lipinski definition) is 2. The first-order chi connectivity index (χ1) is 7.83. The monoisotopic (exact) mass is 234 g/mol. The van der Waals surface area contributed by atoms with Gasteiger partial charge in [-0.2, -0.15) is 0 Å². The zero-order valence-corrected chi connectivity index (χ0v) is 11.2. The van der Waals surface area contributed by atoms with E-state index >= 15 is 0 Å². The fourth-order valence-corrected chi connectivity index (χ4v) is 1.71. The number of aliphatic hydroxyl groups excluding tert-OH is 1. The molecule has 1 atom stereocenters. The van der Waals surface area contributed by atoms with Gasteiger partial charge in [-0.1, -0.05) is 37.6 Å². The van der Waals surface area contributed by atoms with E-state index < -0.39 is 11.5 Å². The van der Waals surface area contributed by atoms with Gasteiger partial charge in [-0.05, 0) is 38.3 Å². The van der Waals surface area contributed by atoms with Crippen LogP contribution in [0.15, 0.2) is 35.5 Å². The lowest BCUT2D eigenvalue weighted by Crippen LogP contribution is -2.25. The summed E-state index contributed by atoms with van der Waals surface area (Å²) >= 11 is 0. The van der Waals surface area contributed by atoms with Crippen LogP contribution in [-0.2, 0) is 4.79 Å². The Morgan fingerprint density at radius 3 is 2.65 bits per heavy atom. The molecule has 0 saturated heterocycles. The SMILES string of the molecule is C/C1=C/[C@@H](O)C(C)(C)/C=C\C(=O)/C(C)=C\CC1. The number of allylic oxidation sites excluding steroid dienone is 4. The molecule has 0 saturated carbocycles. The van der Waals surface area contributed by atoms with Crippen molar-refractivity contribution in [2.24, 2.45) is 5.41 Å². The summed E-state index contributed by atoms with van der Waals surface area (Å²) in [7, 11) is 0. The highest BCUT2D eigenvalue weighted by Crippen LogP contribution is 2.26. The highest BCUT2D eigenvalue weighted by molar-refractivity contribution is 6.03. The van der Waals surface area contributed by atoms with E-state index in [9.17, 15) is 9.90 Å². The maximum Gasteiger partial charge on any atom is 0.180 e. The molecule has 2 heteroatoms. The molecule has 0 radical (unpaired) electrons. The van der Waals surface area contributed by atoms with Crippen molar-refractivity contribution >= 4 is 5.78 Å². The largest absolute Gasteiger partial charge is 0.388 e. The zero-order chi connectivity index (χ0) is 13.1. The number of aliphatic hydroxyl groups is 1. The average molecular weight is 234 g/mol. The van der Waals surface area contributed by atoms with Crippen molar-refractivity contribution in [2.75, 3.05) is 0 Å². The third-order valence-corrected chi connectivity index (χ3v) is 3.25. The molecule has 0 bridgehead atoms. The van der Waals surface area contributed by atoms with E-state index in [4.69, 9.17) is 0 Å². The number of rotatable bonds is 0. The van der Waals surface area contributed by atoms with Gasteiger partial charge in [0.1, 0.15) is 0 Å². The lowest BCUT2D eigenvalue weighted by molar-refractivity contribution is -0.111. The van der Waals surface area contributed by atoms with Crippen LogP contribution in [-0.4, -0.2) is 17.0 Å². The van der Waals surface area contributed by atoms with Crippen molar-refractivity contribution in [3.63, 3.8) is 0 Å². The fraction of sp³-hybridized carbons (Fsp3) is 0.533. The number of carbonyl (C=O) groups is 1. The van der Waals surface area contributed by atoms with E-state index in [1.165, 1.54) is 0 Å². The van der Waals surface area contributed by atoms with Gasteiger partial charge in [0.25, 0.3) is 0 Å². The van der Waals surface area contributed by atoms with Gasteiger partial charge in [0.05, 0.1) is 6.10 Å². The molecular weight excluding hydrogens is 212 g/mol. The van der Waals surface area contributed by atoms with E-state index in [1.54, 1.807) is 12.2 Å². The summed E-state index contributed by atoms with van der Waals surface area (Å²) < 4.78 is 0. The average Bonchev–Trinajstić information content (AvgIpc) is 2.25. The van der Waals surface area contributed by atoms with Crippen LogP contribution in [0, 0.1) is 5.41 Å². The fourth-order valence-electron chi connectivity index (χ4n) is 1.71. The Bertz CT molecular complexity index is 384. The molecule has 0 spiro atoms. The van der Waals surface area contributed by atoms with Gasteiger partial charge < -0.3 is 5.11 Å². The van der Waals surface area contributed by atoms with Crippen LogP contribution in [0.25, 0.3) is 0 Å². The number of carbonyl (C=O) groups excluding carboxylic acids is 1. The van der Waals surface area contributed by atoms with E-state index in [0.717, 1.165) is 24.0 Å². The van der Waals surface area contributed by atoms with Crippen molar-refractivity contribution in [3.05, 3.63) is 35.5 Å². The molecule has 2 nitrogen and oxygen atoms in total. The molecule has 0 heterocycles. The highest BCUT2D eigenvalue weighted by atomic mass is 16.3. The van der Waals surface area contributed by atoms with E-state index in [-0.39, 0.29) is 5.78 Å². The molecule has 0 aromatic rings. The molecule has 1 rings (SSSR count). The second-order valence-corrected chi connectivity index (χ2v) is 5.40. The molecule has 0 unspecified atom stereocenters. The summed E-state index contributed by atoms with van der Waals surface area (Å²) in [5, 5.41) is 10.1. The van der Waals surface area contributed by atoms with Crippen LogP contribution >= 0.6 is 0 Å². The lowest BCUT2D eigenvalue weighted by Gasteiger charge is -2.25.